The molecule has 0 atom stereocenters. The molecule has 1 aliphatic carbocycles. The number of benzene rings is 1. The van der Waals surface area contributed by atoms with Crippen LogP contribution in [-0.2, 0) is 11.3 Å². The molecular formula is C18H20N4O. The monoisotopic (exact) mass is 308 g/mol. The molecule has 1 aliphatic heterocycles. The van der Waals surface area contributed by atoms with Crippen LogP contribution in [0.4, 0.5) is 5.82 Å². The number of carbonyl (C=O) groups excluding carboxylic acids is 1. The smallest absolute Gasteiger partial charge is 0.242 e. The van der Waals surface area contributed by atoms with Gasteiger partial charge in [-0.3, -0.25) is 4.79 Å². The maximum atomic E-state index is 12.5. The lowest BCUT2D eigenvalue weighted by atomic mass is 10.2. The molecule has 118 valence electrons. The lowest BCUT2D eigenvalue weighted by Gasteiger charge is -2.35. The van der Waals surface area contributed by atoms with Crippen LogP contribution in [-0.4, -0.2) is 40.4 Å². The average Bonchev–Trinajstić information content (AvgIpc) is 3.43. The van der Waals surface area contributed by atoms with Crippen molar-refractivity contribution in [3.05, 3.63) is 54.0 Å². The number of hydrogen-bond donors (Lipinski definition) is 0. The fraction of sp³-hybridized carbons (Fsp3) is 0.389. The van der Waals surface area contributed by atoms with Crippen molar-refractivity contribution >= 4 is 11.7 Å². The number of carbonyl (C=O) groups is 1. The molecule has 0 radical (unpaired) electrons. The predicted octanol–water partition coefficient (Wildman–Crippen LogP) is 2.20. The summed E-state index contributed by atoms with van der Waals surface area (Å²) in [6.45, 7) is 2.63. The molecule has 0 spiro atoms. The number of amides is 1. The van der Waals surface area contributed by atoms with Gasteiger partial charge in [-0.1, -0.05) is 30.3 Å². The Kier molecular flexibility index (Phi) is 3.69. The standard InChI is InChI=1S/C18H20N4O/c23-17-13-21(16-8-9-19-18(20-16)15-6-7-15)10-11-22(17)12-14-4-2-1-3-5-14/h1-5,8-9,15H,6-7,10-13H2. The molecule has 2 aliphatic rings. The zero-order valence-electron chi connectivity index (χ0n) is 13.1. The Balaban J connectivity index is 1.42. The first-order valence-electron chi connectivity index (χ1n) is 8.19. The molecule has 0 N–H and O–H groups in total. The van der Waals surface area contributed by atoms with Gasteiger partial charge < -0.3 is 9.80 Å². The third-order valence-electron chi connectivity index (χ3n) is 4.46. The summed E-state index contributed by atoms with van der Waals surface area (Å²) >= 11 is 0. The Morgan fingerprint density at radius 2 is 1.91 bits per heavy atom. The van der Waals surface area contributed by atoms with Crippen molar-refractivity contribution in [3.63, 3.8) is 0 Å². The highest BCUT2D eigenvalue weighted by atomic mass is 16.2. The number of nitrogens with zero attached hydrogens (tertiary/aromatic N) is 4. The van der Waals surface area contributed by atoms with Crippen LogP contribution in [0.3, 0.4) is 0 Å². The second-order valence-corrected chi connectivity index (χ2v) is 6.27. The Morgan fingerprint density at radius 1 is 1.09 bits per heavy atom. The summed E-state index contributed by atoms with van der Waals surface area (Å²) in [5.41, 5.74) is 1.17. The summed E-state index contributed by atoms with van der Waals surface area (Å²) in [6, 6.07) is 12.0. The number of anilines is 1. The van der Waals surface area contributed by atoms with E-state index >= 15 is 0 Å². The zero-order chi connectivity index (χ0) is 15.6. The van der Waals surface area contributed by atoms with Crippen LogP contribution in [0.25, 0.3) is 0 Å². The maximum Gasteiger partial charge on any atom is 0.242 e. The minimum absolute atomic E-state index is 0.159. The molecule has 5 nitrogen and oxygen atoms in total. The van der Waals surface area contributed by atoms with Gasteiger partial charge in [-0.2, -0.15) is 0 Å². The topological polar surface area (TPSA) is 49.3 Å². The molecule has 2 heterocycles. The molecule has 5 heteroatoms. The Labute approximate surface area is 136 Å². The highest BCUT2D eigenvalue weighted by Crippen LogP contribution is 2.38. The van der Waals surface area contributed by atoms with Crippen molar-refractivity contribution in [1.82, 2.24) is 14.9 Å². The van der Waals surface area contributed by atoms with Gasteiger partial charge in [0.05, 0.1) is 6.54 Å². The van der Waals surface area contributed by atoms with Gasteiger partial charge in [0.15, 0.2) is 0 Å². The summed E-state index contributed by atoms with van der Waals surface area (Å²) < 4.78 is 0. The predicted molar refractivity (Wildman–Crippen MR) is 88.1 cm³/mol. The van der Waals surface area contributed by atoms with E-state index in [2.05, 4.69) is 27.0 Å². The van der Waals surface area contributed by atoms with E-state index in [9.17, 15) is 4.79 Å². The molecule has 1 saturated heterocycles. The van der Waals surface area contributed by atoms with Gasteiger partial charge in [0.25, 0.3) is 0 Å². The molecule has 1 aromatic carbocycles. The van der Waals surface area contributed by atoms with Gasteiger partial charge in [0.1, 0.15) is 11.6 Å². The van der Waals surface area contributed by atoms with E-state index in [1.165, 1.54) is 18.4 Å². The molecule has 1 amide bonds. The average molecular weight is 308 g/mol. The Bertz CT molecular complexity index is 699. The summed E-state index contributed by atoms with van der Waals surface area (Å²) in [5, 5.41) is 0. The molecule has 2 fully saturated rings. The molecular weight excluding hydrogens is 288 g/mol. The van der Waals surface area contributed by atoms with Crippen LogP contribution >= 0.6 is 0 Å². The molecule has 1 aromatic heterocycles. The van der Waals surface area contributed by atoms with Crippen LogP contribution in [0.2, 0.25) is 0 Å². The van der Waals surface area contributed by atoms with Crippen LogP contribution in [0, 0.1) is 0 Å². The van der Waals surface area contributed by atoms with Crippen molar-refractivity contribution in [2.24, 2.45) is 0 Å². The fourth-order valence-electron chi connectivity index (χ4n) is 2.95. The number of piperazine rings is 1. The summed E-state index contributed by atoms with van der Waals surface area (Å²) in [6.07, 6.45) is 4.19. The van der Waals surface area contributed by atoms with Crippen molar-refractivity contribution in [2.45, 2.75) is 25.3 Å². The van der Waals surface area contributed by atoms with E-state index in [1.54, 1.807) is 0 Å². The van der Waals surface area contributed by atoms with Crippen LogP contribution in [0.1, 0.15) is 30.1 Å². The molecule has 23 heavy (non-hydrogen) atoms. The Morgan fingerprint density at radius 3 is 2.65 bits per heavy atom. The lowest BCUT2D eigenvalue weighted by molar-refractivity contribution is -0.131. The van der Waals surface area contributed by atoms with Gasteiger partial charge >= 0.3 is 0 Å². The molecule has 1 saturated carbocycles. The first-order valence-corrected chi connectivity index (χ1v) is 8.19. The van der Waals surface area contributed by atoms with Crippen molar-refractivity contribution in [2.75, 3.05) is 24.5 Å². The third-order valence-corrected chi connectivity index (χ3v) is 4.46. The molecule has 4 rings (SSSR count). The highest BCUT2D eigenvalue weighted by molar-refractivity contribution is 5.82. The summed E-state index contributed by atoms with van der Waals surface area (Å²) in [7, 11) is 0. The van der Waals surface area contributed by atoms with E-state index in [4.69, 9.17) is 0 Å². The zero-order valence-corrected chi connectivity index (χ0v) is 13.1. The van der Waals surface area contributed by atoms with E-state index < -0.39 is 0 Å². The Hall–Kier alpha value is -2.43. The van der Waals surface area contributed by atoms with Crippen LogP contribution in [0.5, 0.6) is 0 Å². The van der Waals surface area contributed by atoms with E-state index in [-0.39, 0.29) is 5.91 Å². The minimum atomic E-state index is 0.159. The summed E-state index contributed by atoms with van der Waals surface area (Å²) in [5.74, 6) is 2.51. The summed E-state index contributed by atoms with van der Waals surface area (Å²) in [4.78, 5) is 25.4. The quantitative estimate of drug-likeness (QED) is 0.869. The first-order chi connectivity index (χ1) is 11.3. The van der Waals surface area contributed by atoms with E-state index in [0.717, 1.165) is 24.7 Å². The second kappa shape index (κ2) is 5.99. The largest absolute Gasteiger partial charge is 0.345 e. The van der Waals surface area contributed by atoms with E-state index in [0.29, 0.717) is 19.0 Å². The van der Waals surface area contributed by atoms with Gasteiger partial charge in [-0.15, -0.1) is 0 Å². The molecule has 0 bridgehead atoms. The van der Waals surface area contributed by atoms with Gasteiger partial charge in [0, 0.05) is 31.7 Å². The third kappa shape index (κ3) is 3.18. The van der Waals surface area contributed by atoms with Gasteiger partial charge in [0.2, 0.25) is 5.91 Å². The van der Waals surface area contributed by atoms with Crippen molar-refractivity contribution < 1.29 is 4.79 Å². The SMILES string of the molecule is O=C1CN(c2ccnc(C3CC3)n2)CCN1Cc1ccccc1. The lowest BCUT2D eigenvalue weighted by Crippen LogP contribution is -2.50. The van der Waals surface area contributed by atoms with Crippen molar-refractivity contribution in [3.8, 4) is 0 Å². The maximum absolute atomic E-state index is 12.5. The van der Waals surface area contributed by atoms with E-state index in [1.807, 2.05) is 35.4 Å². The van der Waals surface area contributed by atoms with Crippen LogP contribution in [0.15, 0.2) is 42.6 Å². The number of hydrogen-bond acceptors (Lipinski definition) is 4. The fourth-order valence-corrected chi connectivity index (χ4v) is 2.95. The van der Waals surface area contributed by atoms with Crippen LogP contribution < -0.4 is 4.90 Å². The minimum Gasteiger partial charge on any atom is -0.345 e. The number of aromatic nitrogens is 2. The van der Waals surface area contributed by atoms with Gasteiger partial charge in [-0.05, 0) is 24.5 Å². The first kappa shape index (κ1) is 14.2. The normalized spacial score (nSPS) is 18.3. The number of rotatable bonds is 4. The highest BCUT2D eigenvalue weighted by Gasteiger charge is 2.29. The van der Waals surface area contributed by atoms with Crippen molar-refractivity contribution in [1.29, 1.82) is 0 Å². The molecule has 2 aromatic rings. The van der Waals surface area contributed by atoms with Gasteiger partial charge in [-0.25, -0.2) is 9.97 Å². The second-order valence-electron chi connectivity index (χ2n) is 6.27. The molecule has 0 unspecified atom stereocenters.